The van der Waals surface area contributed by atoms with E-state index in [4.69, 9.17) is 9.47 Å². The molecule has 2 saturated carbocycles. The molecule has 3 fully saturated rings. The number of hydrogen-bond donors (Lipinski definition) is 1. The fourth-order valence-corrected chi connectivity index (χ4v) is 6.64. The Kier molecular flexibility index (Phi) is 7.62. The Morgan fingerprint density at radius 3 is 2.58 bits per heavy atom. The topological polar surface area (TPSA) is 88.2 Å². The zero-order valence-electron chi connectivity index (χ0n) is 21.5. The van der Waals surface area contributed by atoms with Crippen molar-refractivity contribution >= 4 is 17.7 Å². The number of nitrogens with one attached hydrogen (secondary N) is 1. The Hall–Kier alpha value is -2.45. The molecule has 2 heterocycles. The second kappa shape index (κ2) is 10.9. The van der Waals surface area contributed by atoms with Crippen molar-refractivity contribution in [1.82, 2.24) is 15.1 Å². The SMILES string of the molecule is CCN(C[C@H]1CC[C@H](OC)CC1)[C@H]1CCC[C@@H]1Oc1ccc2c(c1)CN(C1CCC(=O)NC1=O)C2=O. The highest BCUT2D eigenvalue weighted by atomic mass is 16.5. The minimum atomic E-state index is -0.594. The Bertz CT molecular complexity index is 989. The molecule has 1 N–H and O–H groups in total. The molecule has 2 aliphatic heterocycles. The van der Waals surface area contributed by atoms with Gasteiger partial charge in [0.25, 0.3) is 5.91 Å². The zero-order chi connectivity index (χ0) is 25.2. The summed E-state index contributed by atoms with van der Waals surface area (Å²) in [5, 5.41) is 2.36. The van der Waals surface area contributed by atoms with Crippen molar-refractivity contribution in [1.29, 1.82) is 0 Å². The number of amides is 3. The normalized spacial score (nSPS) is 30.6. The number of imide groups is 1. The fraction of sp³-hybridized carbons (Fsp3) is 0.679. The summed E-state index contributed by atoms with van der Waals surface area (Å²) >= 11 is 0. The lowest BCUT2D eigenvalue weighted by Gasteiger charge is -2.37. The molecule has 0 bridgehead atoms. The molecule has 1 saturated heterocycles. The van der Waals surface area contributed by atoms with Crippen molar-refractivity contribution in [3.8, 4) is 5.75 Å². The molecule has 3 amide bonds. The Balaban J connectivity index is 1.22. The maximum atomic E-state index is 13.0. The Morgan fingerprint density at radius 2 is 1.86 bits per heavy atom. The number of benzene rings is 1. The van der Waals surface area contributed by atoms with Crippen LogP contribution in [-0.4, -0.2) is 72.0 Å². The van der Waals surface area contributed by atoms with E-state index in [2.05, 4.69) is 17.1 Å². The number of ether oxygens (including phenoxy) is 2. The number of carbonyl (C=O) groups excluding carboxylic acids is 3. The standard InChI is InChI=1S/C28H39N3O5/c1-3-30(16-18-7-9-20(35-2)10-8-18)23-5-4-6-25(23)36-21-11-12-22-19(15-21)17-31(28(22)34)24-13-14-26(32)29-27(24)33/h11-12,15,18,20,23-25H,3-10,13-14,16-17H2,1-2H3,(H,29,32,33)/t18-,20-,23-,24?,25-/m0/s1. The van der Waals surface area contributed by atoms with Gasteiger partial charge in [0.1, 0.15) is 17.9 Å². The van der Waals surface area contributed by atoms with Crippen LogP contribution in [0.25, 0.3) is 0 Å². The van der Waals surface area contributed by atoms with Gasteiger partial charge in [-0.25, -0.2) is 0 Å². The zero-order valence-corrected chi connectivity index (χ0v) is 21.5. The predicted octanol–water partition coefficient (Wildman–Crippen LogP) is 3.27. The summed E-state index contributed by atoms with van der Waals surface area (Å²) < 4.78 is 12.1. The Morgan fingerprint density at radius 1 is 1.06 bits per heavy atom. The molecule has 0 spiro atoms. The van der Waals surface area contributed by atoms with Crippen LogP contribution in [0.2, 0.25) is 0 Å². The molecule has 1 unspecified atom stereocenters. The molecule has 3 atom stereocenters. The number of rotatable bonds is 8. The van der Waals surface area contributed by atoms with Gasteiger partial charge < -0.3 is 14.4 Å². The highest BCUT2D eigenvalue weighted by molar-refractivity contribution is 6.05. The quantitative estimate of drug-likeness (QED) is 0.555. The van der Waals surface area contributed by atoms with Gasteiger partial charge in [-0.1, -0.05) is 6.92 Å². The third kappa shape index (κ3) is 5.16. The summed E-state index contributed by atoms with van der Waals surface area (Å²) in [7, 11) is 1.82. The molecule has 1 aromatic carbocycles. The summed E-state index contributed by atoms with van der Waals surface area (Å²) in [6, 6.07) is 5.50. The van der Waals surface area contributed by atoms with Crippen LogP contribution in [0.4, 0.5) is 0 Å². The van der Waals surface area contributed by atoms with E-state index < -0.39 is 6.04 Å². The van der Waals surface area contributed by atoms with Crippen LogP contribution in [0.15, 0.2) is 18.2 Å². The summed E-state index contributed by atoms with van der Waals surface area (Å²) in [6.07, 6.45) is 9.33. The molecule has 0 aromatic heterocycles. The first-order valence-corrected chi connectivity index (χ1v) is 13.7. The van der Waals surface area contributed by atoms with Gasteiger partial charge in [-0.2, -0.15) is 0 Å². The van der Waals surface area contributed by atoms with Crippen molar-refractivity contribution in [2.75, 3.05) is 20.2 Å². The predicted molar refractivity (Wildman–Crippen MR) is 135 cm³/mol. The summed E-state index contributed by atoms with van der Waals surface area (Å²) in [6.45, 7) is 4.77. The van der Waals surface area contributed by atoms with E-state index in [9.17, 15) is 14.4 Å². The maximum Gasteiger partial charge on any atom is 0.255 e. The first kappa shape index (κ1) is 25.2. The number of piperidine rings is 1. The third-order valence-corrected chi connectivity index (χ3v) is 8.70. The molecule has 0 radical (unpaired) electrons. The molecule has 8 heteroatoms. The number of methoxy groups -OCH3 is 1. The van der Waals surface area contributed by atoms with Crippen LogP contribution in [0.1, 0.15) is 80.6 Å². The van der Waals surface area contributed by atoms with Crippen molar-refractivity contribution in [3.63, 3.8) is 0 Å². The number of carbonyl (C=O) groups is 3. The van der Waals surface area contributed by atoms with E-state index in [-0.39, 0.29) is 30.2 Å². The second-order valence-electron chi connectivity index (χ2n) is 10.8. The maximum absolute atomic E-state index is 13.0. The number of nitrogens with zero attached hydrogens (tertiary/aromatic N) is 2. The van der Waals surface area contributed by atoms with Gasteiger partial charge in [0.2, 0.25) is 11.8 Å². The average Bonchev–Trinajstić information content (AvgIpc) is 3.47. The van der Waals surface area contributed by atoms with Gasteiger partial charge in [-0.05, 0) is 87.6 Å². The van der Waals surface area contributed by atoms with Crippen molar-refractivity contribution in [2.45, 2.75) is 95.5 Å². The molecule has 1 aromatic rings. The van der Waals surface area contributed by atoms with E-state index >= 15 is 0 Å². The summed E-state index contributed by atoms with van der Waals surface area (Å²) in [4.78, 5) is 41.0. The highest BCUT2D eigenvalue weighted by Crippen LogP contribution is 2.34. The second-order valence-corrected chi connectivity index (χ2v) is 10.8. The minimum Gasteiger partial charge on any atom is -0.489 e. The molecule has 4 aliphatic rings. The first-order valence-electron chi connectivity index (χ1n) is 13.7. The lowest BCUT2D eigenvalue weighted by atomic mass is 9.86. The van der Waals surface area contributed by atoms with Gasteiger partial charge in [0.15, 0.2) is 0 Å². The van der Waals surface area contributed by atoms with E-state index in [1.54, 1.807) is 4.90 Å². The molecule has 5 rings (SSSR count). The molecular formula is C28H39N3O5. The molecular weight excluding hydrogens is 458 g/mol. The van der Waals surface area contributed by atoms with Crippen molar-refractivity contribution < 1.29 is 23.9 Å². The van der Waals surface area contributed by atoms with E-state index in [1.807, 2.05) is 25.3 Å². The van der Waals surface area contributed by atoms with Crippen LogP contribution in [-0.2, 0) is 20.9 Å². The Labute approximate surface area is 213 Å². The van der Waals surface area contributed by atoms with Gasteiger partial charge in [0, 0.05) is 38.2 Å². The lowest BCUT2D eigenvalue weighted by molar-refractivity contribution is -0.136. The molecule has 36 heavy (non-hydrogen) atoms. The molecule has 8 nitrogen and oxygen atoms in total. The van der Waals surface area contributed by atoms with Crippen LogP contribution in [0.5, 0.6) is 5.75 Å². The number of hydrogen-bond acceptors (Lipinski definition) is 6. The van der Waals surface area contributed by atoms with Crippen LogP contribution < -0.4 is 10.1 Å². The van der Waals surface area contributed by atoms with E-state index in [0.717, 1.165) is 62.4 Å². The monoisotopic (exact) mass is 497 g/mol. The third-order valence-electron chi connectivity index (χ3n) is 8.70. The van der Waals surface area contributed by atoms with E-state index in [0.29, 0.717) is 30.7 Å². The van der Waals surface area contributed by atoms with Gasteiger partial charge in [0.05, 0.1) is 6.10 Å². The highest BCUT2D eigenvalue weighted by Gasteiger charge is 2.40. The van der Waals surface area contributed by atoms with Crippen LogP contribution in [0, 0.1) is 5.92 Å². The smallest absolute Gasteiger partial charge is 0.255 e. The van der Waals surface area contributed by atoms with Crippen molar-refractivity contribution in [3.05, 3.63) is 29.3 Å². The molecule has 196 valence electrons. The number of likely N-dealkylation sites (N-methyl/N-ethyl adjacent to an activating group) is 1. The number of fused-ring (bicyclic) bond motifs is 1. The first-order chi connectivity index (χ1) is 17.5. The average molecular weight is 498 g/mol. The van der Waals surface area contributed by atoms with Crippen LogP contribution >= 0.6 is 0 Å². The summed E-state index contributed by atoms with van der Waals surface area (Å²) in [5.41, 5.74) is 1.51. The fourth-order valence-electron chi connectivity index (χ4n) is 6.64. The van der Waals surface area contributed by atoms with Gasteiger partial charge in [-0.3, -0.25) is 24.6 Å². The van der Waals surface area contributed by atoms with Gasteiger partial charge in [-0.15, -0.1) is 0 Å². The van der Waals surface area contributed by atoms with Gasteiger partial charge >= 0.3 is 0 Å². The van der Waals surface area contributed by atoms with Crippen LogP contribution in [0.3, 0.4) is 0 Å². The summed E-state index contributed by atoms with van der Waals surface area (Å²) in [5.74, 6) is 0.714. The van der Waals surface area contributed by atoms with E-state index in [1.165, 1.54) is 12.8 Å². The largest absolute Gasteiger partial charge is 0.489 e. The molecule has 2 aliphatic carbocycles. The minimum absolute atomic E-state index is 0.140. The van der Waals surface area contributed by atoms with Crippen molar-refractivity contribution in [2.24, 2.45) is 5.92 Å². The lowest BCUT2D eigenvalue weighted by Crippen LogP contribution is -2.52.